The molecule has 0 unspecified atom stereocenters. The van der Waals surface area contributed by atoms with E-state index in [0.29, 0.717) is 5.02 Å². The molecule has 0 saturated carbocycles. The molecule has 2 rings (SSSR count). The van der Waals surface area contributed by atoms with E-state index in [1.54, 1.807) is 24.3 Å². The van der Waals surface area contributed by atoms with Crippen molar-refractivity contribution >= 4 is 29.1 Å². The van der Waals surface area contributed by atoms with E-state index in [2.05, 4.69) is 10.6 Å². The van der Waals surface area contributed by atoms with Gasteiger partial charge >= 0.3 is 0 Å². The van der Waals surface area contributed by atoms with Gasteiger partial charge in [0, 0.05) is 10.7 Å². The second kappa shape index (κ2) is 7.79. The first-order valence-corrected chi connectivity index (χ1v) is 7.70. The van der Waals surface area contributed by atoms with Crippen LogP contribution in [0, 0.1) is 13.8 Å². The lowest BCUT2D eigenvalue weighted by molar-refractivity contribution is -0.123. The number of halogens is 1. The zero-order valence-electron chi connectivity index (χ0n) is 13.2. The van der Waals surface area contributed by atoms with E-state index in [4.69, 9.17) is 11.6 Å². The van der Waals surface area contributed by atoms with E-state index in [1.807, 2.05) is 32.0 Å². The molecule has 0 spiro atoms. The van der Waals surface area contributed by atoms with Crippen LogP contribution in [0.2, 0.25) is 5.02 Å². The molecular formula is C18H19ClN2O2. The maximum atomic E-state index is 12.0. The minimum atomic E-state index is -0.244. The molecule has 2 amide bonds. The molecule has 120 valence electrons. The number of nitrogens with one attached hydrogen (secondary N) is 2. The smallest absolute Gasteiger partial charge is 0.243 e. The summed E-state index contributed by atoms with van der Waals surface area (Å²) in [5.41, 5.74) is 3.63. The first kappa shape index (κ1) is 17.0. The van der Waals surface area contributed by atoms with E-state index in [1.165, 1.54) is 0 Å². The monoisotopic (exact) mass is 330 g/mol. The molecule has 0 saturated heterocycles. The average Bonchev–Trinajstić information content (AvgIpc) is 2.51. The molecule has 0 fully saturated rings. The van der Waals surface area contributed by atoms with Crippen LogP contribution in [0.25, 0.3) is 0 Å². The molecule has 4 nitrogen and oxygen atoms in total. The third-order valence-corrected chi connectivity index (χ3v) is 3.72. The Morgan fingerprint density at radius 2 is 1.57 bits per heavy atom. The number of benzene rings is 2. The summed E-state index contributed by atoms with van der Waals surface area (Å²) in [6.07, 6.45) is 0.216. The highest BCUT2D eigenvalue weighted by atomic mass is 35.5. The zero-order valence-corrected chi connectivity index (χ0v) is 13.9. The number of anilines is 1. The van der Waals surface area contributed by atoms with Gasteiger partial charge in [-0.05, 0) is 42.7 Å². The summed E-state index contributed by atoms with van der Waals surface area (Å²) in [6.45, 7) is 3.81. The van der Waals surface area contributed by atoms with Crippen LogP contribution in [-0.4, -0.2) is 18.4 Å². The van der Waals surface area contributed by atoms with Crippen molar-refractivity contribution in [3.63, 3.8) is 0 Å². The minimum absolute atomic E-state index is 0.0554. The van der Waals surface area contributed by atoms with E-state index in [0.717, 1.165) is 22.4 Å². The molecule has 0 aliphatic heterocycles. The molecular weight excluding hydrogens is 312 g/mol. The van der Waals surface area contributed by atoms with Gasteiger partial charge in [0.05, 0.1) is 13.0 Å². The van der Waals surface area contributed by atoms with Gasteiger partial charge in [0.15, 0.2) is 0 Å². The van der Waals surface area contributed by atoms with Crippen molar-refractivity contribution in [2.45, 2.75) is 20.3 Å². The molecule has 2 aromatic rings. The van der Waals surface area contributed by atoms with Crippen molar-refractivity contribution < 1.29 is 9.59 Å². The maximum absolute atomic E-state index is 12.0. The molecule has 2 N–H and O–H groups in total. The van der Waals surface area contributed by atoms with Gasteiger partial charge in [0.2, 0.25) is 11.8 Å². The second-order valence-electron chi connectivity index (χ2n) is 5.39. The van der Waals surface area contributed by atoms with Crippen molar-refractivity contribution in [3.05, 3.63) is 64.2 Å². The van der Waals surface area contributed by atoms with Crippen LogP contribution in [-0.2, 0) is 16.0 Å². The lowest BCUT2D eigenvalue weighted by atomic mass is 10.1. The molecule has 0 atom stereocenters. The Kier molecular flexibility index (Phi) is 5.77. The fourth-order valence-electron chi connectivity index (χ4n) is 2.22. The highest BCUT2D eigenvalue weighted by molar-refractivity contribution is 6.30. The summed E-state index contributed by atoms with van der Waals surface area (Å²) in [5.74, 6) is -0.448. The van der Waals surface area contributed by atoms with E-state index >= 15 is 0 Å². The van der Waals surface area contributed by atoms with Crippen molar-refractivity contribution in [2.24, 2.45) is 0 Å². The highest BCUT2D eigenvalue weighted by Crippen LogP contribution is 2.19. The summed E-state index contributed by atoms with van der Waals surface area (Å²) in [6, 6.07) is 12.9. The molecule has 0 bridgehead atoms. The van der Waals surface area contributed by atoms with E-state index in [-0.39, 0.29) is 24.8 Å². The van der Waals surface area contributed by atoms with Crippen molar-refractivity contribution in [2.75, 3.05) is 11.9 Å². The summed E-state index contributed by atoms with van der Waals surface area (Å²) >= 11 is 5.80. The molecule has 0 aromatic heterocycles. The second-order valence-corrected chi connectivity index (χ2v) is 5.83. The van der Waals surface area contributed by atoms with Gasteiger partial charge in [-0.1, -0.05) is 41.9 Å². The number of carbonyl (C=O) groups is 2. The average molecular weight is 331 g/mol. The van der Waals surface area contributed by atoms with Crippen molar-refractivity contribution in [1.82, 2.24) is 5.32 Å². The molecule has 0 aliphatic rings. The van der Waals surface area contributed by atoms with Gasteiger partial charge in [-0.15, -0.1) is 0 Å². The summed E-state index contributed by atoms with van der Waals surface area (Å²) in [7, 11) is 0. The number of hydrogen-bond acceptors (Lipinski definition) is 2. The van der Waals surface area contributed by atoms with Crippen LogP contribution in [0.15, 0.2) is 42.5 Å². The number of aryl methyl sites for hydroxylation is 2. The fourth-order valence-corrected chi connectivity index (χ4v) is 2.35. The normalized spacial score (nSPS) is 10.2. The molecule has 2 aromatic carbocycles. The van der Waals surface area contributed by atoms with Crippen LogP contribution in [0.3, 0.4) is 0 Å². The van der Waals surface area contributed by atoms with Gasteiger partial charge in [-0.25, -0.2) is 0 Å². The minimum Gasteiger partial charge on any atom is -0.347 e. The molecule has 5 heteroatoms. The SMILES string of the molecule is Cc1cccc(C)c1NC(=O)CNC(=O)Cc1ccc(Cl)cc1. The lowest BCUT2D eigenvalue weighted by Crippen LogP contribution is -2.34. The Hall–Kier alpha value is -2.33. The first-order chi connectivity index (χ1) is 11.0. The standard InChI is InChI=1S/C18H19ClN2O2/c1-12-4-3-5-13(2)18(12)21-17(23)11-20-16(22)10-14-6-8-15(19)9-7-14/h3-9H,10-11H2,1-2H3,(H,20,22)(H,21,23). The lowest BCUT2D eigenvalue weighted by Gasteiger charge is -2.12. The quantitative estimate of drug-likeness (QED) is 0.884. The van der Waals surface area contributed by atoms with Crippen LogP contribution in [0.4, 0.5) is 5.69 Å². The summed E-state index contributed by atoms with van der Waals surface area (Å²) < 4.78 is 0. The Labute approximate surface area is 140 Å². The van der Waals surface area contributed by atoms with Gasteiger partial charge in [0.25, 0.3) is 0 Å². The first-order valence-electron chi connectivity index (χ1n) is 7.33. The zero-order chi connectivity index (χ0) is 16.8. The van der Waals surface area contributed by atoms with Gasteiger partial charge in [0.1, 0.15) is 0 Å². The highest BCUT2D eigenvalue weighted by Gasteiger charge is 2.09. The van der Waals surface area contributed by atoms with Crippen LogP contribution >= 0.6 is 11.6 Å². The largest absolute Gasteiger partial charge is 0.347 e. The summed E-state index contributed by atoms with van der Waals surface area (Å²) in [5, 5.41) is 6.08. The van der Waals surface area contributed by atoms with Gasteiger partial charge < -0.3 is 10.6 Å². The number of amides is 2. The molecule has 23 heavy (non-hydrogen) atoms. The van der Waals surface area contributed by atoms with Crippen LogP contribution in [0.1, 0.15) is 16.7 Å². The van der Waals surface area contributed by atoms with Crippen LogP contribution < -0.4 is 10.6 Å². The number of para-hydroxylation sites is 1. The Bertz CT molecular complexity index is 691. The number of carbonyl (C=O) groups excluding carboxylic acids is 2. The molecule has 0 heterocycles. The predicted octanol–water partition coefficient (Wildman–Crippen LogP) is 3.25. The third-order valence-electron chi connectivity index (χ3n) is 3.47. The molecule has 0 radical (unpaired) electrons. The number of hydrogen-bond donors (Lipinski definition) is 2. The topological polar surface area (TPSA) is 58.2 Å². The van der Waals surface area contributed by atoms with Crippen LogP contribution in [0.5, 0.6) is 0 Å². The van der Waals surface area contributed by atoms with E-state index < -0.39 is 0 Å². The maximum Gasteiger partial charge on any atom is 0.243 e. The van der Waals surface area contributed by atoms with E-state index in [9.17, 15) is 9.59 Å². The van der Waals surface area contributed by atoms with Gasteiger partial charge in [-0.3, -0.25) is 9.59 Å². The fraction of sp³-hybridized carbons (Fsp3) is 0.222. The third kappa shape index (κ3) is 5.11. The predicted molar refractivity (Wildman–Crippen MR) is 92.7 cm³/mol. The Balaban J connectivity index is 1.84. The summed E-state index contributed by atoms with van der Waals surface area (Å²) in [4.78, 5) is 23.8. The Morgan fingerprint density at radius 3 is 2.17 bits per heavy atom. The molecule has 0 aliphatic carbocycles. The van der Waals surface area contributed by atoms with Crippen molar-refractivity contribution in [3.8, 4) is 0 Å². The number of rotatable bonds is 5. The Morgan fingerprint density at radius 1 is 0.957 bits per heavy atom. The van der Waals surface area contributed by atoms with Gasteiger partial charge in [-0.2, -0.15) is 0 Å². The van der Waals surface area contributed by atoms with Crippen molar-refractivity contribution in [1.29, 1.82) is 0 Å².